The highest BCUT2D eigenvalue weighted by Gasteiger charge is 2.20. The molecule has 0 radical (unpaired) electrons. The molecule has 0 aromatic carbocycles. The molecule has 0 spiro atoms. The van der Waals surface area contributed by atoms with Crippen LogP contribution in [0, 0.1) is 5.92 Å². The molecule has 1 heterocycles. The van der Waals surface area contributed by atoms with Crippen LogP contribution in [0.4, 0.5) is 0 Å². The van der Waals surface area contributed by atoms with Gasteiger partial charge in [0.1, 0.15) is 0 Å². The first-order valence-corrected chi connectivity index (χ1v) is 4.40. The van der Waals surface area contributed by atoms with Crippen molar-refractivity contribution in [1.82, 2.24) is 0 Å². The number of carbonyl (C=O) groups is 1. The Balaban J connectivity index is 2.32. The molecule has 1 aliphatic heterocycles. The van der Waals surface area contributed by atoms with Gasteiger partial charge in [-0.15, -0.1) is 0 Å². The van der Waals surface area contributed by atoms with E-state index in [1.54, 1.807) is 0 Å². The lowest BCUT2D eigenvalue weighted by Crippen LogP contribution is -1.96. The summed E-state index contributed by atoms with van der Waals surface area (Å²) in [6.45, 7) is 0.683. The average Bonchev–Trinajstić information content (AvgIpc) is 2.14. The number of ether oxygens (including phenoxy) is 1. The Morgan fingerprint density at radius 1 is 1.88 bits per heavy atom. The number of hydrogen-bond acceptors (Lipinski definition) is 2. The molecule has 1 unspecified atom stereocenters. The zero-order valence-electron chi connectivity index (χ0n) is 5.02. The molecule has 1 aliphatic rings. The Morgan fingerprint density at radius 2 is 2.62 bits per heavy atom. The van der Waals surface area contributed by atoms with Crippen molar-refractivity contribution in [3.8, 4) is 0 Å². The average molecular weight is 130 g/mol. The molecule has 46 valence electrons. The number of rotatable bonds is 1. The van der Waals surface area contributed by atoms with E-state index in [9.17, 15) is 4.79 Å². The third-order valence-corrected chi connectivity index (χ3v) is 2.67. The Morgan fingerprint density at radius 3 is 2.88 bits per heavy atom. The maximum atomic E-state index is 10.4. The van der Waals surface area contributed by atoms with Crippen molar-refractivity contribution < 1.29 is 9.53 Å². The van der Waals surface area contributed by atoms with Crippen molar-refractivity contribution >= 4 is 16.2 Å². The number of hydrogen-bond donors (Lipinski definition) is 0. The molecular formula is C5H10O2Si. The maximum absolute atomic E-state index is 10.4. The minimum Gasteiger partial charge on any atom is -0.465 e. The predicted molar refractivity (Wildman–Crippen MR) is 33.8 cm³/mol. The molecule has 0 bridgehead atoms. The summed E-state index contributed by atoms with van der Waals surface area (Å²) in [5.41, 5.74) is 0. The first-order valence-electron chi connectivity index (χ1n) is 2.98. The van der Waals surface area contributed by atoms with E-state index in [2.05, 4.69) is 0 Å². The fourth-order valence-corrected chi connectivity index (χ4v) is 1.35. The van der Waals surface area contributed by atoms with E-state index in [4.69, 9.17) is 4.74 Å². The van der Waals surface area contributed by atoms with E-state index in [0.29, 0.717) is 18.9 Å². The van der Waals surface area contributed by atoms with E-state index in [1.807, 2.05) is 0 Å². The molecule has 0 aromatic heterocycles. The normalized spacial score (nSPS) is 28.5. The largest absolute Gasteiger partial charge is 0.465 e. The lowest BCUT2D eigenvalue weighted by molar-refractivity contribution is -0.137. The smallest absolute Gasteiger partial charge is 0.306 e. The minimum absolute atomic E-state index is 0.00847. The van der Waals surface area contributed by atoms with Crippen molar-refractivity contribution in [1.29, 1.82) is 0 Å². The van der Waals surface area contributed by atoms with Gasteiger partial charge in [-0.3, -0.25) is 4.79 Å². The van der Waals surface area contributed by atoms with Crippen molar-refractivity contribution in [2.75, 3.05) is 6.61 Å². The van der Waals surface area contributed by atoms with Crippen molar-refractivity contribution in [3.63, 3.8) is 0 Å². The molecule has 1 saturated heterocycles. The van der Waals surface area contributed by atoms with Crippen molar-refractivity contribution in [2.45, 2.75) is 12.5 Å². The van der Waals surface area contributed by atoms with Gasteiger partial charge in [-0.1, -0.05) is 6.04 Å². The van der Waals surface area contributed by atoms with Gasteiger partial charge in [0.05, 0.1) is 13.0 Å². The van der Waals surface area contributed by atoms with Crippen LogP contribution < -0.4 is 0 Å². The van der Waals surface area contributed by atoms with E-state index in [1.165, 1.54) is 16.3 Å². The summed E-state index contributed by atoms with van der Waals surface area (Å²) in [7, 11) is 1.19. The summed E-state index contributed by atoms with van der Waals surface area (Å²) >= 11 is 0. The van der Waals surface area contributed by atoms with Gasteiger partial charge in [-0.2, -0.15) is 0 Å². The van der Waals surface area contributed by atoms with Gasteiger partial charge in [0.2, 0.25) is 0 Å². The number of esters is 1. The molecule has 0 amide bonds. The summed E-state index contributed by atoms with van der Waals surface area (Å²) in [6.07, 6.45) is 0.670. The first-order chi connectivity index (χ1) is 3.83. The van der Waals surface area contributed by atoms with Gasteiger partial charge in [-0.05, 0) is 0 Å². The summed E-state index contributed by atoms with van der Waals surface area (Å²) in [5.74, 6) is 0.556. The SMILES string of the molecule is O=C1CC(C[SiH3])CO1. The highest BCUT2D eigenvalue weighted by atomic mass is 28.1. The maximum Gasteiger partial charge on any atom is 0.306 e. The predicted octanol–water partition coefficient (Wildman–Crippen LogP) is -0.667. The Labute approximate surface area is 51.6 Å². The van der Waals surface area contributed by atoms with Crippen LogP contribution in [0.5, 0.6) is 0 Å². The van der Waals surface area contributed by atoms with Gasteiger partial charge >= 0.3 is 5.97 Å². The Bertz CT molecular complexity index is 103. The monoisotopic (exact) mass is 130 g/mol. The second-order valence-corrected chi connectivity index (χ2v) is 2.98. The molecule has 0 N–H and O–H groups in total. The Hall–Kier alpha value is -0.313. The van der Waals surface area contributed by atoms with Crippen LogP contribution in [0.2, 0.25) is 6.04 Å². The summed E-state index contributed by atoms with van der Waals surface area (Å²) in [4.78, 5) is 10.4. The lowest BCUT2D eigenvalue weighted by Gasteiger charge is -1.95. The van der Waals surface area contributed by atoms with E-state index >= 15 is 0 Å². The van der Waals surface area contributed by atoms with Crippen LogP contribution in [0.15, 0.2) is 0 Å². The van der Waals surface area contributed by atoms with Gasteiger partial charge in [-0.25, -0.2) is 0 Å². The van der Waals surface area contributed by atoms with Crippen LogP contribution >= 0.6 is 0 Å². The lowest BCUT2D eigenvalue weighted by atomic mass is 10.1. The first kappa shape index (κ1) is 5.82. The van der Waals surface area contributed by atoms with Crippen molar-refractivity contribution in [2.24, 2.45) is 5.92 Å². The second-order valence-electron chi connectivity index (χ2n) is 2.16. The standard InChI is InChI=1S/C5H10O2Si/c6-5-1-4(3-8)2-7-5/h4H,1-3H2,8H3. The van der Waals surface area contributed by atoms with Crippen LogP contribution in [-0.2, 0) is 9.53 Å². The van der Waals surface area contributed by atoms with Crippen LogP contribution in [-0.4, -0.2) is 22.8 Å². The molecule has 1 rings (SSSR count). The van der Waals surface area contributed by atoms with Crippen LogP contribution in [0.3, 0.4) is 0 Å². The van der Waals surface area contributed by atoms with Gasteiger partial charge in [0.15, 0.2) is 0 Å². The highest BCUT2D eigenvalue weighted by molar-refractivity contribution is 6.08. The fraction of sp³-hybridized carbons (Fsp3) is 0.800. The fourth-order valence-electron chi connectivity index (χ4n) is 0.827. The van der Waals surface area contributed by atoms with Gasteiger partial charge in [0.25, 0.3) is 0 Å². The van der Waals surface area contributed by atoms with Crippen molar-refractivity contribution in [3.05, 3.63) is 0 Å². The van der Waals surface area contributed by atoms with E-state index < -0.39 is 0 Å². The molecule has 2 nitrogen and oxygen atoms in total. The summed E-state index contributed by atoms with van der Waals surface area (Å²) in [5, 5.41) is 0. The van der Waals surface area contributed by atoms with Crippen LogP contribution in [0.25, 0.3) is 0 Å². The van der Waals surface area contributed by atoms with E-state index in [0.717, 1.165) is 0 Å². The summed E-state index contributed by atoms with van der Waals surface area (Å²) < 4.78 is 4.74. The molecular weight excluding hydrogens is 120 g/mol. The molecule has 8 heavy (non-hydrogen) atoms. The topological polar surface area (TPSA) is 26.3 Å². The highest BCUT2D eigenvalue weighted by Crippen LogP contribution is 2.15. The van der Waals surface area contributed by atoms with Gasteiger partial charge in [0, 0.05) is 16.2 Å². The Kier molecular flexibility index (Phi) is 1.68. The van der Waals surface area contributed by atoms with E-state index in [-0.39, 0.29) is 5.97 Å². The quantitative estimate of drug-likeness (QED) is 0.348. The zero-order chi connectivity index (χ0) is 5.98. The molecule has 1 fully saturated rings. The third kappa shape index (κ3) is 1.09. The second kappa shape index (κ2) is 2.30. The minimum atomic E-state index is -0.00847. The molecule has 0 aliphatic carbocycles. The molecule has 1 atom stereocenters. The number of carbonyl (C=O) groups excluding carboxylic acids is 1. The zero-order valence-corrected chi connectivity index (χ0v) is 7.02. The number of cyclic esters (lactones) is 1. The third-order valence-electron chi connectivity index (χ3n) is 1.51. The molecule has 0 aromatic rings. The molecule has 0 saturated carbocycles. The molecule has 3 heteroatoms. The summed E-state index contributed by atoms with van der Waals surface area (Å²) in [6, 6.07) is 1.20. The van der Waals surface area contributed by atoms with Crippen LogP contribution in [0.1, 0.15) is 6.42 Å². The van der Waals surface area contributed by atoms with Gasteiger partial charge < -0.3 is 4.74 Å².